The monoisotopic (exact) mass is 489 g/mol. The second-order valence-electron chi connectivity index (χ2n) is 6.84. The van der Waals surface area contributed by atoms with Gasteiger partial charge in [-0.15, -0.1) is 0 Å². The summed E-state index contributed by atoms with van der Waals surface area (Å²) in [5.74, 6) is -1.06. The second kappa shape index (κ2) is 10.6. The van der Waals surface area contributed by atoms with Gasteiger partial charge in [-0.25, -0.2) is 0 Å². The molecule has 1 heterocycles. The molecule has 0 bridgehead atoms. The van der Waals surface area contributed by atoms with E-state index < -0.39 is 17.7 Å². The van der Waals surface area contributed by atoms with Gasteiger partial charge in [0.15, 0.2) is 0 Å². The largest absolute Gasteiger partial charge is 0.507 e. The van der Waals surface area contributed by atoms with Gasteiger partial charge in [-0.2, -0.15) is 0 Å². The summed E-state index contributed by atoms with van der Waals surface area (Å²) in [5.41, 5.74) is 1.12. The van der Waals surface area contributed by atoms with Gasteiger partial charge in [0.25, 0.3) is 11.7 Å². The fourth-order valence-corrected chi connectivity index (χ4v) is 3.91. The van der Waals surface area contributed by atoms with Crippen LogP contribution in [0.15, 0.2) is 58.6 Å². The van der Waals surface area contributed by atoms with E-state index in [0.717, 1.165) is 4.47 Å². The van der Waals surface area contributed by atoms with Crippen LogP contribution in [0.1, 0.15) is 24.1 Å². The average molecular weight is 490 g/mol. The van der Waals surface area contributed by atoms with E-state index in [1.807, 2.05) is 19.1 Å². The molecule has 2 aromatic carbocycles. The molecular weight excluding hydrogens is 466 g/mol. The molecule has 0 radical (unpaired) electrons. The summed E-state index contributed by atoms with van der Waals surface area (Å²) in [4.78, 5) is 27.1. The first-order chi connectivity index (χ1) is 15.0. The topological polar surface area (TPSA) is 96.3 Å². The molecule has 1 fully saturated rings. The number of benzene rings is 2. The van der Waals surface area contributed by atoms with Crippen LogP contribution in [0.3, 0.4) is 0 Å². The van der Waals surface area contributed by atoms with Gasteiger partial charge in [0, 0.05) is 16.6 Å². The molecule has 1 aliphatic heterocycles. The van der Waals surface area contributed by atoms with Gasteiger partial charge < -0.3 is 24.6 Å². The SMILES string of the molecule is CCOc1ccc(C(O)=C2C(=O)C(=O)N(CCOCCO)[C@H]2c2cccc(Br)c2)cc1. The van der Waals surface area contributed by atoms with E-state index in [9.17, 15) is 14.7 Å². The Morgan fingerprint density at radius 1 is 1.13 bits per heavy atom. The first-order valence-electron chi connectivity index (χ1n) is 9.93. The molecule has 1 aliphatic rings. The van der Waals surface area contributed by atoms with Crippen LogP contribution in [0.2, 0.25) is 0 Å². The van der Waals surface area contributed by atoms with Crippen molar-refractivity contribution in [1.82, 2.24) is 4.90 Å². The number of nitrogens with zero attached hydrogens (tertiary/aromatic N) is 1. The van der Waals surface area contributed by atoms with Crippen molar-refractivity contribution >= 4 is 33.4 Å². The van der Waals surface area contributed by atoms with Crippen molar-refractivity contribution in [2.75, 3.05) is 33.0 Å². The van der Waals surface area contributed by atoms with Crippen molar-refractivity contribution in [2.24, 2.45) is 0 Å². The minimum Gasteiger partial charge on any atom is -0.507 e. The summed E-state index contributed by atoms with van der Waals surface area (Å²) >= 11 is 3.42. The molecule has 0 spiro atoms. The summed E-state index contributed by atoms with van der Waals surface area (Å²) in [6.45, 7) is 2.68. The number of aliphatic hydroxyl groups is 2. The molecule has 164 valence electrons. The third-order valence-corrected chi connectivity index (χ3v) is 5.35. The first-order valence-corrected chi connectivity index (χ1v) is 10.7. The average Bonchev–Trinajstić information content (AvgIpc) is 3.02. The van der Waals surface area contributed by atoms with Crippen molar-refractivity contribution in [3.8, 4) is 5.75 Å². The van der Waals surface area contributed by atoms with Gasteiger partial charge in [0.05, 0.1) is 38.0 Å². The van der Waals surface area contributed by atoms with E-state index in [1.165, 1.54) is 4.90 Å². The van der Waals surface area contributed by atoms with Crippen molar-refractivity contribution in [1.29, 1.82) is 0 Å². The van der Waals surface area contributed by atoms with Gasteiger partial charge in [0.2, 0.25) is 0 Å². The fourth-order valence-electron chi connectivity index (χ4n) is 3.49. The number of halogens is 1. The predicted octanol–water partition coefficient (Wildman–Crippen LogP) is 3.28. The molecule has 3 rings (SSSR count). The number of hydrogen-bond acceptors (Lipinski definition) is 6. The van der Waals surface area contributed by atoms with Crippen LogP contribution in [-0.4, -0.2) is 59.8 Å². The van der Waals surface area contributed by atoms with E-state index in [-0.39, 0.29) is 37.7 Å². The van der Waals surface area contributed by atoms with Crippen LogP contribution >= 0.6 is 15.9 Å². The third-order valence-electron chi connectivity index (χ3n) is 4.86. The summed E-state index contributed by atoms with van der Waals surface area (Å²) in [6.07, 6.45) is 0. The molecule has 7 nitrogen and oxygen atoms in total. The minimum atomic E-state index is -0.762. The lowest BCUT2D eigenvalue weighted by Crippen LogP contribution is -2.33. The first kappa shape index (κ1) is 23.0. The highest BCUT2D eigenvalue weighted by atomic mass is 79.9. The van der Waals surface area contributed by atoms with E-state index in [2.05, 4.69) is 15.9 Å². The smallest absolute Gasteiger partial charge is 0.295 e. The Balaban J connectivity index is 2.03. The van der Waals surface area contributed by atoms with Gasteiger partial charge in [0.1, 0.15) is 11.5 Å². The van der Waals surface area contributed by atoms with E-state index in [4.69, 9.17) is 14.6 Å². The quantitative estimate of drug-likeness (QED) is 0.243. The zero-order valence-corrected chi connectivity index (χ0v) is 18.7. The maximum Gasteiger partial charge on any atom is 0.295 e. The van der Waals surface area contributed by atoms with Crippen LogP contribution in [0.25, 0.3) is 5.76 Å². The highest BCUT2D eigenvalue weighted by Gasteiger charge is 2.45. The van der Waals surface area contributed by atoms with Crippen LogP contribution in [-0.2, 0) is 14.3 Å². The number of hydrogen-bond donors (Lipinski definition) is 2. The molecule has 0 aromatic heterocycles. The number of aliphatic hydroxyl groups excluding tert-OH is 2. The van der Waals surface area contributed by atoms with Crippen LogP contribution in [0.5, 0.6) is 5.75 Å². The standard InChI is InChI=1S/C23H24BrNO6/c1-2-31-18-8-6-15(7-9-18)21(27)19-20(16-4-3-5-17(24)14-16)25(23(29)22(19)28)10-12-30-13-11-26/h3-9,14,20,26-27H,2,10-13H2,1H3/t20-/m0/s1. The molecule has 0 saturated carbocycles. The van der Waals surface area contributed by atoms with Crippen LogP contribution in [0, 0.1) is 0 Å². The Hall–Kier alpha value is -2.68. The zero-order valence-electron chi connectivity index (χ0n) is 17.1. The number of Topliss-reactive ketones (excluding diaryl/α,β-unsaturated/α-hetero) is 1. The summed E-state index contributed by atoms with van der Waals surface area (Å²) < 4.78 is 11.5. The van der Waals surface area contributed by atoms with Gasteiger partial charge in [-0.1, -0.05) is 28.1 Å². The zero-order chi connectivity index (χ0) is 22.4. The van der Waals surface area contributed by atoms with Crippen LogP contribution < -0.4 is 4.74 Å². The molecule has 2 aromatic rings. The number of likely N-dealkylation sites (tertiary alicyclic amines) is 1. The number of ether oxygens (including phenoxy) is 2. The molecule has 31 heavy (non-hydrogen) atoms. The lowest BCUT2D eigenvalue weighted by molar-refractivity contribution is -0.140. The van der Waals surface area contributed by atoms with E-state index in [1.54, 1.807) is 36.4 Å². The molecule has 1 atom stereocenters. The molecule has 2 N–H and O–H groups in total. The van der Waals surface area contributed by atoms with Gasteiger partial charge in [-0.3, -0.25) is 9.59 Å². The number of ketones is 1. The van der Waals surface area contributed by atoms with Gasteiger partial charge >= 0.3 is 0 Å². The highest BCUT2D eigenvalue weighted by Crippen LogP contribution is 2.40. The third kappa shape index (κ3) is 5.15. The Labute approximate surface area is 189 Å². The number of carbonyl (C=O) groups excluding carboxylic acids is 2. The molecule has 8 heteroatoms. The normalized spacial score (nSPS) is 17.9. The minimum absolute atomic E-state index is 0.0226. The highest BCUT2D eigenvalue weighted by molar-refractivity contribution is 9.10. The lowest BCUT2D eigenvalue weighted by Gasteiger charge is -2.25. The van der Waals surface area contributed by atoms with E-state index >= 15 is 0 Å². The lowest BCUT2D eigenvalue weighted by atomic mass is 9.95. The van der Waals surface area contributed by atoms with Crippen molar-refractivity contribution in [3.63, 3.8) is 0 Å². The van der Waals surface area contributed by atoms with E-state index in [0.29, 0.717) is 23.5 Å². The van der Waals surface area contributed by atoms with Crippen LogP contribution in [0.4, 0.5) is 0 Å². The van der Waals surface area contributed by atoms with Crippen molar-refractivity contribution < 1.29 is 29.3 Å². The Kier molecular flexibility index (Phi) is 7.84. The molecule has 0 unspecified atom stereocenters. The Morgan fingerprint density at radius 2 is 1.87 bits per heavy atom. The van der Waals surface area contributed by atoms with Gasteiger partial charge in [-0.05, 0) is 48.9 Å². The maximum atomic E-state index is 12.9. The predicted molar refractivity (Wildman–Crippen MR) is 119 cm³/mol. The second-order valence-corrected chi connectivity index (χ2v) is 7.76. The number of carbonyl (C=O) groups is 2. The Morgan fingerprint density at radius 3 is 2.52 bits per heavy atom. The number of rotatable bonds is 9. The summed E-state index contributed by atoms with van der Waals surface area (Å²) in [7, 11) is 0. The molecule has 0 aliphatic carbocycles. The fraction of sp³-hybridized carbons (Fsp3) is 0.304. The summed E-state index contributed by atoms with van der Waals surface area (Å²) in [5, 5.41) is 19.9. The van der Waals surface area contributed by atoms with Crippen molar-refractivity contribution in [3.05, 3.63) is 69.7 Å². The number of amides is 1. The molecule has 1 saturated heterocycles. The molecular formula is C23H24BrNO6. The maximum absolute atomic E-state index is 12.9. The Bertz CT molecular complexity index is 972. The summed E-state index contributed by atoms with van der Waals surface area (Å²) in [6, 6.07) is 13.2. The van der Waals surface area contributed by atoms with Crippen molar-refractivity contribution in [2.45, 2.75) is 13.0 Å². The molecule has 1 amide bonds.